The number of hydrogen-bond donors (Lipinski definition) is 2. The molecule has 4 nitrogen and oxygen atoms in total. The van der Waals surface area contributed by atoms with Gasteiger partial charge in [-0.05, 0) is 50.7 Å². The van der Waals surface area contributed by atoms with E-state index >= 15 is 0 Å². The second-order valence-corrected chi connectivity index (χ2v) is 5.95. The Kier molecular flexibility index (Phi) is 5.42. The van der Waals surface area contributed by atoms with E-state index in [2.05, 4.69) is 10.6 Å². The van der Waals surface area contributed by atoms with E-state index in [-0.39, 0.29) is 11.9 Å². The molecule has 118 valence electrons. The minimum Gasteiger partial charge on any atom is -0.351 e. The Hall–Kier alpha value is -1.59. The molecule has 2 N–H and O–H groups in total. The molecule has 0 saturated heterocycles. The van der Waals surface area contributed by atoms with Crippen molar-refractivity contribution in [1.29, 1.82) is 0 Å². The first-order valence-corrected chi connectivity index (χ1v) is 8.09. The normalized spacial score (nSPS) is 17.8. The van der Waals surface area contributed by atoms with Gasteiger partial charge in [-0.1, -0.05) is 23.7 Å². The Labute approximate surface area is 141 Å². The Balaban J connectivity index is 2.47. The maximum Gasteiger partial charge on any atom is 0.253 e. The lowest BCUT2D eigenvalue weighted by Gasteiger charge is -2.33. The summed E-state index contributed by atoms with van der Waals surface area (Å²) in [4.78, 5) is 14.7. The van der Waals surface area contributed by atoms with Crippen LogP contribution in [0.25, 0.3) is 0 Å². The third-order valence-corrected chi connectivity index (χ3v) is 4.19. The van der Waals surface area contributed by atoms with Crippen LogP contribution in [0.1, 0.15) is 32.4 Å². The topological polar surface area (TPSA) is 44.4 Å². The van der Waals surface area contributed by atoms with Gasteiger partial charge >= 0.3 is 0 Å². The molecule has 1 aliphatic heterocycles. The van der Waals surface area contributed by atoms with Crippen molar-refractivity contribution in [3.63, 3.8) is 0 Å². The number of carbonyl (C=O) groups excluding carboxylic acids is 1. The summed E-state index contributed by atoms with van der Waals surface area (Å²) >= 11 is 11.3. The number of benzene rings is 1. The van der Waals surface area contributed by atoms with Gasteiger partial charge in [0, 0.05) is 23.8 Å². The number of halogens is 1. The summed E-state index contributed by atoms with van der Waals surface area (Å²) in [5.41, 5.74) is 2.39. The van der Waals surface area contributed by atoms with Crippen molar-refractivity contribution in [2.24, 2.45) is 0 Å². The summed E-state index contributed by atoms with van der Waals surface area (Å²) in [6, 6.07) is 7.20. The van der Waals surface area contributed by atoms with Crippen LogP contribution in [-0.2, 0) is 4.79 Å². The van der Waals surface area contributed by atoms with Crippen LogP contribution in [0.4, 0.5) is 0 Å². The number of nitrogens with one attached hydrogen (secondary N) is 2. The fourth-order valence-electron chi connectivity index (χ4n) is 2.59. The molecule has 2 rings (SSSR count). The average Bonchev–Trinajstić information content (AvgIpc) is 2.47. The maximum atomic E-state index is 12.9. The van der Waals surface area contributed by atoms with E-state index in [4.69, 9.17) is 23.8 Å². The minimum absolute atomic E-state index is 0.00924. The van der Waals surface area contributed by atoms with Crippen LogP contribution in [0, 0.1) is 0 Å². The summed E-state index contributed by atoms with van der Waals surface area (Å²) in [7, 11) is 0. The summed E-state index contributed by atoms with van der Waals surface area (Å²) in [6.45, 7) is 7.15. The fraction of sp³-hybridized carbons (Fsp3) is 0.375. The highest BCUT2D eigenvalue weighted by Gasteiger charge is 2.31. The molecule has 0 bridgehead atoms. The maximum absolute atomic E-state index is 12.9. The monoisotopic (exact) mass is 337 g/mol. The molecule has 0 fully saturated rings. The third-order valence-electron chi connectivity index (χ3n) is 3.73. The largest absolute Gasteiger partial charge is 0.351 e. The van der Waals surface area contributed by atoms with Crippen molar-refractivity contribution in [2.45, 2.75) is 26.8 Å². The summed E-state index contributed by atoms with van der Waals surface area (Å²) in [5.74, 6) is 0.00924. The molecule has 0 aliphatic carbocycles. The van der Waals surface area contributed by atoms with Crippen LogP contribution in [0.15, 0.2) is 35.5 Å². The van der Waals surface area contributed by atoms with Gasteiger partial charge in [0.15, 0.2) is 5.11 Å². The van der Waals surface area contributed by atoms with Crippen LogP contribution >= 0.6 is 23.8 Å². The zero-order valence-electron chi connectivity index (χ0n) is 12.9. The van der Waals surface area contributed by atoms with Crippen molar-refractivity contribution in [2.75, 3.05) is 13.1 Å². The van der Waals surface area contributed by atoms with E-state index in [0.717, 1.165) is 11.3 Å². The molecule has 1 aromatic carbocycles. The molecule has 1 aromatic rings. The van der Waals surface area contributed by atoms with E-state index in [1.165, 1.54) is 0 Å². The SMILES string of the molecule is CCN(CC)C(=O)C1=C(C)NC(=S)N[C@H]1c1cccc(Cl)c1. The highest BCUT2D eigenvalue weighted by atomic mass is 35.5. The Bertz CT molecular complexity index is 626. The first-order valence-electron chi connectivity index (χ1n) is 7.30. The van der Waals surface area contributed by atoms with Crippen molar-refractivity contribution in [3.05, 3.63) is 46.1 Å². The van der Waals surface area contributed by atoms with Gasteiger partial charge in [0.2, 0.25) is 0 Å². The smallest absolute Gasteiger partial charge is 0.253 e. The molecule has 6 heteroatoms. The second-order valence-electron chi connectivity index (χ2n) is 5.10. The molecule has 1 atom stereocenters. The molecule has 0 spiro atoms. The number of thiocarbonyl (C=S) groups is 1. The fourth-order valence-corrected chi connectivity index (χ4v) is 3.06. The van der Waals surface area contributed by atoms with E-state index in [9.17, 15) is 4.79 Å². The van der Waals surface area contributed by atoms with E-state index in [0.29, 0.717) is 28.8 Å². The minimum atomic E-state index is -0.291. The molecule has 1 aliphatic rings. The predicted molar refractivity (Wildman–Crippen MR) is 93.7 cm³/mol. The van der Waals surface area contributed by atoms with Crippen molar-refractivity contribution in [1.82, 2.24) is 15.5 Å². The van der Waals surface area contributed by atoms with E-state index in [1.54, 1.807) is 4.90 Å². The molecular weight excluding hydrogens is 318 g/mol. The number of nitrogens with zero attached hydrogens (tertiary/aromatic N) is 1. The summed E-state index contributed by atoms with van der Waals surface area (Å²) < 4.78 is 0. The van der Waals surface area contributed by atoms with Crippen molar-refractivity contribution in [3.8, 4) is 0 Å². The molecule has 0 aromatic heterocycles. The Morgan fingerprint density at radius 1 is 1.36 bits per heavy atom. The van der Waals surface area contributed by atoms with Gasteiger partial charge in [0.25, 0.3) is 5.91 Å². The van der Waals surface area contributed by atoms with Gasteiger partial charge in [0.1, 0.15) is 0 Å². The average molecular weight is 338 g/mol. The van der Waals surface area contributed by atoms with Crippen LogP contribution in [-0.4, -0.2) is 29.0 Å². The number of likely N-dealkylation sites (N-methyl/N-ethyl adjacent to an activating group) is 1. The van der Waals surface area contributed by atoms with Crippen molar-refractivity contribution < 1.29 is 4.79 Å². The first-order chi connectivity index (χ1) is 10.5. The van der Waals surface area contributed by atoms with Crippen LogP contribution < -0.4 is 10.6 Å². The highest BCUT2D eigenvalue weighted by Crippen LogP contribution is 2.29. The predicted octanol–water partition coefficient (Wildman–Crippen LogP) is 3.00. The van der Waals surface area contributed by atoms with Crippen LogP contribution in [0.3, 0.4) is 0 Å². The Morgan fingerprint density at radius 2 is 2.05 bits per heavy atom. The summed E-state index contributed by atoms with van der Waals surface area (Å²) in [5, 5.41) is 7.38. The van der Waals surface area contributed by atoms with Gasteiger partial charge in [0.05, 0.1) is 11.6 Å². The van der Waals surface area contributed by atoms with Crippen LogP contribution in [0.2, 0.25) is 5.02 Å². The molecule has 0 saturated carbocycles. The van der Waals surface area contributed by atoms with E-state index < -0.39 is 0 Å². The van der Waals surface area contributed by atoms with Gasteiger partial charge in [-0.15, -0.1) is 0 Å². The number of carbonyl (C=O) groups is 1. The zero-order valence-corrected chi connectivity index (χ0v) is 14.5. The molecule has 22 heavy (non-hydrogen) atoms. The van der Waals surface area contributed by atoms with Crippen LogP contribution in [0.5, 0.6) is 0 Å². The standard InChI is InChI=1S/C16H20ClN3OS/c1-4-20(5-2)15(21)13-10(3)18-16(22)19-14(13)11-7-6-8-12(17)9-11/h6-9,14H,4-5H2,1-3H3,(H2,18,19,22)/t14-/m0/s1. The van der Waals surface area contributed by atoms with E-state index in [1.807, 2.05) is 45.0 Å². The number of hydrogen-bond acceptors (Lipinski definition) is 2. The number of amides is 1. The van der Waals surface area contributed by atoms with Gasteiger partial charge in [-0.25, -0.2) is 0 Å². The number of rotatable bonds is 4. The molecular formula is C16H20ClN3OS. The number of allylic oxidation sites excluding steroid dienone is 1. The summed E-state index contributed by atoms with van der Waals surface area (Å²) in [6.07, 6.45) is 0. The van der Waals surface area contributed by atoms with Gasteiger partial charge in [-0.2, -0.15) is 0 Å². The molecule has 0 unspecified atom stereocenters. The second kappa shape index (κ2) is 7.11. The third kappa shape index (κ3) is 3.42. The zero-order chi connectivity index (χ0) is 16.3. The first kappa shape index (κ1) is 16.8. The van der Waals surface area contributed by atoms with Gasteiger partial charge < -0.3 is 15.5 Å². The molecule has 1 heterocycles. The highest BCUT2D eigenvalue weighted by molar-refractivity contribution is 7.80. The van der Waals surface area contributed by atoms with Gasteiger partial charge in [-0.3, -0.25) is 4.79 Å². The Morgan fingerprint density at radius 3 is 2.64 bits per heavy atom. The lowest BCUT2D eigenvalue weighted by Crippen LogP contribution is -2.47. The lowest BCUT2D eigenvalue weighted by molar-refractivity contribution is -0.127. The molecule has 0 radical (unpaired) electrons. The lowest BCUT2D eigenvalue weighted by atomic mass is 9.94. The molecule has 1 amide bonds. The van der Waals surface area contributed by atoms with Crippen molar-refractivity contribution >= 4 is 34.8 Å². The quantitative estimate of drug-likeness (QED) is 0.829.